The molecule has 2 saturated heterocycles. The molecule has 2 aromatic rings. The minimum Gasteiger partial charge on any atom is -0.494 e. The molecule has 2 aliphatic heterocycles. The van der Waals surface area contributed by atoms with Crippen LogP contribution in [-0.2, 0) is 11.3 Å². The number of urea groups is 1. The van der Waals surface area contributed by atoms with Crippen LogP contribution in [0.1, 0.15) is 25.3 Å². The summed E-state index contributed by atoms with van der Waals surface area (Å²) >= 11 is 0. The second kappa shape index (κ2) is 10.5. The molecule has 2 fully saturated rings. The number of likely N-dealkylation sites (tertiary alicyclic amines) is 1. The maximum Gasteiger partial charge on any atom is 0.325 e. The van der Waals surface area contributed by atoms with Gasteiger partial charge in [-0.1, -0.05) is 30.3 Å². The minimum atomic E-state index is -0.123. The smallest absolute Gasteiger partial charge is 0.325 e. The number of amides is 3. The second-order valence-corrected chi connectivity index (χ2v) is 8.39. The lowest BCUT2D eigenvalue weighted by atomic mass is 10.0. The average molecular weight is 437 g/mol. The van der Waals surface area contributed by atoms with Crippen molar-refractivity contribution in [2.45, 2.75) is 32.4 Å². The van der Waals surface area contributed by atoms with Crippen molar-refractivity contribution in [3.63, 3.8) is 0 Å². The zero-order valence-electron chi connectivity index (χ0n) is 18.7. The van der Waals surface area contributed by atoms with Gasteiger partial charge in [0.05, 0.1) is 6.61 Å². The van der Waals surface area contributed by atoms with Gasteiger partial charge in [-0.15, -0.1) is 0 Å². The van der Waals surface area contributed by atoms with Gasteiger partial charge in [0.2, 0.25) is 5.91 Å². The van der Waals surface area contributed by atoms with Gasteiger partial charge < -0.3 is 15.0 Å². The van der Waals surface area contributed by atoms with Crippen molar-refractivity contribution in [3.05, 3.63) is 60.2 Å². The summed E-state index contributed by atoms with van der Waals surface area (Å²) in [4.78, 5) is 31.1. The Morgan fingerprint density at radius 1 is 1.00 bits per heavy atom. The van der Waals surface area contributed by atoms with Gasteiger partial charge in [0, 0.05) is 44.5 Å². The normalized spacial score (nSPS) is 17.6. The molecule has 0 aliphatic carbocycles. The maximum absolute atomic E-state index is 12.8. The van der Waals surface area contributed by atoms with E-state index in [0.717, 1.165) is 43.9 Å². The van der Waals surface area contributed by atoms with Gasteiger partial charge >= 0.3 is 6.03 Å². The SMILES string of the molecule is CCOc1ccc(N2CCN(CC(=O)NC3CCN(Cc4ccccc4)CC3)C2=O)cc1. The Bertz CT molecular complexity index is 895. The molecule has 0 saturated carbocycles. The number of nitrogens with zero attached hydrogens (tertiary/aromatic N) is 3. The number of piperidine rings is 1. The summed E-state index contributed by atoms with van der Waals surface area (Å²) in [6.07, 6.45) is 1.87. The fourth-order valence-electron chi connectivity index (χ4n) is 4.38. The van der Waals surface area contributed by atoms with E-state index in [0.29, 0.717) is 19.7 Å². The van der Waals surface area contributed by atoms with Crippen LogP contribution in [-0.4, -0.2) is 67.1 Å². The van der Waals surface area contributed by atoms with Crippen molar-refractivity contribution in [2.75, 3.05) is 44.2 Å². The molecule has 0 bridgehead atoms. The first kappa shape index (κ1) is 22.1. The summed E-state index contributed by atoms with van der Waals surface area (Å²) in [5, 5.41) is 3.13. The Hall–Kier alpha value is -3.06. The van der Waals surface area contributed by atoms with Gasteiger partial charge in [-0.3, -0.25) is 14.6 Å². The van der Waals surface area contributed by atoms with Crippen molar-refractivity contribution in [1.29, 1.82) is 0 Å². The van der Waals surface area contributed by atoms with E-state index in [-0.39, 0.29) is 24.5 Å². The molecule has 32 heavy (non-hydrogen) atoms. The lowest BCUT2D eigenvalue weighted by Crippen LogP contribution is -2.47. The summed E-state index contributed by atoms with van der Waals surface area (Å²) in [5.74, 6) is 0.711. The molecule has 0 spiro atoms. The Morgan fingerprint density at radius 3 is 2.41 bits per heavy atom. The first-order chi connectivity index (χ1) is 15.6. The minimum absolute atomic E-state index is 0.0756. The van der Waals surface area contributed by atoms with Crippen LogP contribution in [0.5, 0.6) is 5.75 Å². The number of benzene rings is 2. The van der Waals surface area contributed by atoms with Crippen LogP contribution in [0.15, 0.2) is 54.6 Å². The zero-order valence-corrected chi connectivity index (χ0v) is 18.7. The Kier molecular flexibility index (Phi) is 7.27. The summed E-state index contributed by atoms with van der Waals surface area (Å²) in [5.41, 5.74) is 2.15. The van der Waals surface area contributed by atoms with Crippen LogP contribution in [0.2, 0.25) is 0 Å². The lowest BCUT2D eigenvalue weighted by molar-refractivity contribution is -0.122. The number of carbonyl (C=O) groups excluding carboxylic acids is 2. The van der Waals surface area contributed by atoms with E-state index in [1.165, 1.54) is 5.56 Å². The predicted molar refractivity (Wildman–Crippen MR) is 125 cm³/mol. The highest BCUT2D eigenvalue weighted by Gasteiger charge is 2.31. The number of carbonyl (C=O) groups is 2. The number of anilines is 1. The third-order valence-corrected chi connectivity index (χ3v) is 6.09. The topological polar surface area (TPSA) is 65.1 Å². The summed E-state index contributed by atoms with van der Waals surface area (Å²) in [7, 11) is 0. The molecule has 0 unspecified atom stereocenters. The van der Waals surface area contributed by atoms with Crippen molar-refractivity contribution in [1.82, 2.24) is 15.1 Å². The van der Waals surface area contributed by atoms with Crippen molar-refractivity contribution in [3.8, 4) is 5.75 Å². The second-order valence-electron chi connectivity index (χ2n) is 8.39. The number of hydrogen-bond donors (Lipinski definition) is 1. The molecule has 2 heterocycles. The molecule has 3 amide bonds. The van der Waals surface area contributed by atoms with E-state index in [2.05, 4.69) is 34.5 Å². The number of nitrogens with one attached hydrogen (secondary N) is 1. The molecule has 7 nitrogen and oxygen atoms in total. The first-order valence-corrected chi connectivity index (χ1v) is 11.5. The molecule has 0 atom stereocenters. The molecule has 0 aromatic heterocycles. The first-order valence-electron chi connectivity index (χ1n) is 11.5. The highest BCUT2D eigenvalue weighted by molar-refractivity contribution is 5.96. The van der Waals surface area contributed by atoms with E-state index in [1.54, 1.807) is 9.80 Å². The zero-order chi connectivity index (χ0) is 22.3. The van der Waals surface area contributed by atoms with Crippen LogP contribution >= 0.6 is 0 Å². The van der Waals surface area contributed by atoms with Gasteiger partial charge in [0.15, 0.2) is 0 Å². The molecule has 2 aromatic carbocycles. The molecule has 2 aliphatic rings. The molecule has 0 radical (unpaired) electrons. The van der Waals surface area contributed by atoms with E-state index in [1.807, 2.05) is 37.3 Å². The van der Waals surface area contributed by atoms with Gasteiger partial charge in [0.25, 0.3) is 0 Å². The van der Waals surface area contributed by atoms with E-state index in [4.69, 9.17) is 4.74 Å². The summed E-state index contributed by atoms with van der Waals surface area (Å²) in [6, 6.07) is 18.0. The Balaban J connectivity index is 1.21. The van der Waals surface area contributed by atoms with Crippen LogP contribution < -0.4 is 15.0 Å². The monoisotopic (exact) mass is 436 g/mol. The fourth-order valence-corrected chi connectivity index (χ4v) is 4.38. The van der Waals surface area contributed by atoms with Crippen LogP contribution in [0.25, 0.3) is 0 Å². The molecule has 7 heteroatoms. The van der Waals surface area contributed by atoms with Gasteiger partial charge in [-0.25, -0.2) is 4.79 Å². The van der Waals surface area contributed by atoms with E-state index in [9.17, 15) is 9.59 Å². The standard InChI is InChI=1S/C25H32N4O3/c1-2-32-23-10-8-22(9-11-23)29-17-16-28(25(29)31)19-24(30)26-21-12-14-27(15-13-21)18-20-6-4-3-5-7-20/h3-11,21H,2,12-19H2,1H3,(H,26,30). The molecule has 170 valence electrons. The summed E-state index contributed by atoms with van der Waals surface area (Å²) in [6.45, 7) is 6.67. The fraction of sp³-hybridized carbons (Fsp3) is 0.440. The number of rotatable bonds is 8. The predicted octanol–water partition coefficient (Wildman–Crippen LogP) is 3.11. The van der Waals surface area contributed by atoms with Crippen molar-refractivity contribution >= 4 is 17.6 Å². The van der Waals surface area contributed by atoms with Crippen LogP contribution in [0.4, 0.5) is 10.5 Å². The highest BCUT2D eigenvalue weighted by atomic mass is 16.5. The maximum atomic E-state index is 12.8. The van der Waals surface area contributed by atoms with Gasteiger partial charge in [-0.05, 0) is 49.6 Å². The largest absolute Gasteiger partial charge is 0.494 e. The molecule has 1 N–H and O–H groups in total. The van der Waals surface area contributed by atoms with Crippen LogP contribution in [0, 0.1) is 0 Å². The van der Waals surface area contributed by atoms with E-state index >= 15 is 0 Å². The third-order valence-electron chi connectivity index (χ3n) is 6.09. The third kappa shape index (κ3) is 5.59. The molecular formula is C25H32N4O3. The average Bonchev–Trinajstić information content (AvgIpc) is 3.16. The van der Waals surface area contributed by atoms with Crippen LogP contribution in [0.3, 0.4) is 0 Å². The molecular weight excluding hydrogens is 404 g/mol. The number of hydrogen-bond acceptors (Lipinski definition) is 4. The van der Waals surface area contributed by atoms with E-state index < -0.39 is 0 Å². The van der Waals surface area contributed by atoms with Crippen molar-refractivity contribution in [2.24, 2.45) is 0 Å². The Morgan fingerprint density at radius 2 is 1.72 bits per heavy atom. The Labute approximate surface area is 189 Å². The lowest BCUT2D eigenvalue weighted by Gasteiger charge is -2.32. The number of ether oxygens (including phenoxy) is 1. The molecule has 4 rings (SSSR count). The summed E-state index contributed by atoms with van der Waals surface area (Å²) < 4.78 is 5.46. The quantitative estimate of drug-likeness (QED) is 0.691. The van der Waals surface area contributed by atoms with Gasteiger partial charge in [0.1, 0.15) is 12.3 Å². The van der Waals surface area contributed by atoms with Crippen molar-refractivity contribution < 1.29 is 14.3 Å². The van der Waals surface area contributed by atoms with Gasteiger partial charge in [-0.2, -0.15) is 0 Å². The highest BCUT2D eigenvalue weighted by Crippen LogP contribution is 2.23.